The smallest absolute Gasteiger partial charge is 0.0317 e. The Labute approximate surface area is 95.9 Å². The van der Waals surface area contributed by atoms with E-state index in [9.17, 15) is 0 Å². The van der Waals surface area contributed by atoms with Gasteiger partial charge < -0.3 is 11.5 Å². The van der Waals surface area contributed by atoms with Crippen molar-refractivity contribution in [3.63, 3.8) is 0 Å². The third kappa shape index (κ3) is 1.87. The maximum absolute atomic E-state index is 5.75. The Bertz CT molecular complexity index is 481. The van der Waals surface area contributed by atoms with E-state index < -0.39 is 0 Å². The monoisotopic (exact) mass is 212 g/mol. The van der Waals surface area contributed by atoms with Crippen molar-refractivity contribution < 1.29 is 0 Å². The van der Waals surface area contributed by atoms with Crippen molar-refractivity contribution in [2.75, 3.05) is 11.5 Å². The van der Waals surface area contributed by atoms with Crippen LogP contribution in [0.2, 0.25) is 0 Å². The molecule has 0 radical (unpaired) electrons. The van der Waals surface area contributed by atoms with Crippen molar-refractivity contribution in [1.29, 1.82) is 0 Å². The molecule has 4 N–H and O–H groups in total. The van der Waals surface area contributed by atoms with Crippen molar-refractivity contribution in [3.05, 3.63) is 47.5 Å². The molecule has 0 aromatic heterocycles. The largest absolute Gasteiger partial charge is 0.399 e. The summed E-state index contributed by atoms with van der Waals surface area (Å²) in [6.45, 7) is 4.14. The lowest BCUT2D eigenvalue weighted by molar-refractivity contribution is 1.41. The number of nitrogen functional groups attached to an aromatic ring is 2. The zero-order chi connectivity index (χ0) is 11.7. The van der Waals surface area contributed by atoms with E-state index in [2.05, 4.69) is 26.0 Å². The van der Waals surface area contributed by atoms with Crippen molar-refractivity contribution in [2.24, 2.45) is 0 Å². The maximum Gasteiger partial charge on any atom is 0.0317 e. The van der Waals surface area contributed by atoms with Crippen LogP contribution >= 0.6 is 0 Å². The Morgan fingerprint density at radius 2 is 1.06 bits per heavy atom. The van der Waals surface area contributed by atoms with Gasteiger partial charge in [0.2, 0.25) is 0 Å². The predicted molar refractivity (Wildman–Crippen MR) is 70.2 cm³/mol. The number of hydrogen-bond acceptors (Lipinski definition) is 2. The van der Waals surface area contributed by atoms with Gasteiger partial charge >= 0.3 is 0 Å². The molecule has 16 heavy (non-hydrogen) atoms. The third-order valence-corrected chi connectivity index (χ3v) is 2.79. The SMILES string of the molecule is Cc1cc(N)ccc1-c1ccc(N)cc1C. The van der Waals surface area contributed by atoms with Gasteiger partial charge in [-0.15, -0.1) is 0 Å². The highest BCUT2D eigenvalue weighted by Crippen LogP contribution is 2.28. The molecular formula is C14H16N2. The molecule has 82 valence electrons. The van der Waals surface area contributed by atoms with Crippen molar-refractivity contribution in [1.82, 2.24) is 0 Å². The van der Waals surface area contributed by atoms with Crippen molar-refractivity contribution in [3.8, 4) is 11.1 Å². The normalized spacial score (nSPS) is 10.4. The summed E-state index contributed by atoms with van der Waals surface area (Å²) < 4.78 is 0. The fourth-order valence-corrected chi connectivity index (χ4v) is 1.98. The van der Waals surface area contributed by atoms with Gasteiger partial charge in [-0.2, -0.15) is 0 Å². The summed E-state index contributed by atoms with van der Waals surface area (Å²) in [5, 5.41) is 0. The fourth-order valence-electron chi connectivity index (χ4n) is 1.98. The number of anilines is 2. The number of aryl methyl sites for hydroxylation is 2. The Morgan fingerprint density at radius 3 is 1.38 bits per heavy atom. The van der Waals surface area contributed by atoms with Crippen molar-refractivity contribution in [2.45, 2.75) is 13.8 Å². The molecule has 0 unspecified atom stereocenters. The van der Waals surface area contributed by atoms with Gasteiger partial charge in [0, 0.05) is 11.4 Å². The highest BCUT2D eigenvalue weighted by atomic mass is 14.5. The molecule has 0 amide bonds. The molecule has 2 rings (SSSR count). The van der Waals surface area contributed by atoms with Crippen LogP contribution in [0, 0.1) is 13.8 Å². The molecule has 0 atom stereocenters. The minimum absolute atomic E-state index is 0.800. The molecule has 0 aliphatic heterocycles. The lowest BCUT2D eigenvalue weighted by atomic mass is 9.96. The van der Waals surface area contributed by atoms with E-state index in [4.69, 9.17) is 11.5 Å². The van der Waals surface area contributed by atoms with Crippen LogP contribution in [0.1, 0.15) is 11.1 Å². The fraction of sp³-hybridized carbons (Fsp3) is 0.143. The maximum atomic E-state index is 5.75. The molecule has 0 saturated carbocycles. The van der Waals surface area contributed by atoms with E-state index in [1.165, 1.54) is 22.3 Å². The summed E-state index contributed by atoms with van der Waals surface area (Å²) in [6.07, 6.45) is 0. The van der Waals surface area contributed by atoms with Gasteiger partial charge in [-0.25, -0.2) is 0 Å². The first-order chi connectivity index (χ1) is 7.58. The van der Waals surface area contributed by atoms with Crippen LogP contribution in [-0.2, 0) is 0 Å². The van der Waals surface area contributed by atoms with E-state index >= 15 is 0 Å². The number of rotatable bonds is 1. The first-order valence-electron chi connectivity index (χ1n) is 5.30. The number of nitrogens with two attached hydrogens (primary N) is 2. The predicted octanol–water partition coefficient (Wildman–Crippen LogP) is 3.13. The summed E-state index contributed by atoms with van der Waals surface area (Å²) in [6, 6.07) is 12.0. The van der Waals surface area contributed by atoms with E-state index in [0.29, 0.717) is 0 Å². The molecular weight excluding hydrogens is 196 g/mol. The minimum atomic E-state index is 0.800. The van der Waals surface area contributed by atoms with Gasteiger partial charge in [0.25, 0.3) is 0 Å². The molecule has 0 aliphatic carbocycles. The van der Waals surface area contributed by atoms with Crippen LogP contribution in [0.15, 0.2) is 36.4 Å². The Kier molecular flexibility index (Phi) is 2.57. The zero-order valence-corrected chi connectivity index (χ0v) is 9.62. The quantitative estimate of drug-likeness (QED) is 0.713. The summed E-state index contributed by atoms with van der Waals surface area (Å²) in [5.74, 6) is 0. The van der Waals surface area contributed by atoms with Gasteiger partial charge in [-0.05, 0) is 60.4 Å². The summed E-state index contributed by atoms with van der Waals surface area (Å²) in [5.41, 5.74) is 17.9. The molecule has 0 fully saturated rings. The van der Waals surface area contributed by atoms with Crippen molar-refractivity contribution >= 4 is 11.4 Å². The second kappa shape index (κ2) is 3.89. The van der Waals surface area contributed by atoms with E-state index in [1.807, 2.05) is 24.3 Å². The lowest BCUT2D eigenvalue weighted by Crippen LogP contribution is -1.92. The average molecular weight is 212 g/mol. The van der Waals surface area contributed by atoms with Gasteiger partial charge in [0.1, 0.15) is 0 Å². The second-order valence-electron chi connectivity index (χ2n) is 4.15. The Balaban J connectivity index is 2.59. The Morgan fingerprint density at radius 1 is 0.688 bits per heavy atom. The van der Waals surface area contributed by atoms with Gasteiger partial charge in [0.15, 0.2) is 0 Å². The molecule has 0 bridgehead atoms. The first kappa shape index (κ1) is 10.6. The van der Waals surface area contributed by atoms with Crippen LogP contribution in [0.5, 0.6) is 0 Å². The van der Waals surface area contributed by atoms with Crippen LogP contribution < -0.4 is 11.5 Å². The van der Waals surface area contributed by atoms with Crippen LogP contribution in [0.4, 0.5) is 11.4 Å². The number of benzene rings is 2. The average Bonchev–Trinajstić information content (AvgIpc) is 2.19. The highest BCUT2D eigenvalue weighted by Gasteiger charge is 2.05. The van der Waals surface area contributed by atoms with Crippen LogP contribution in [0.25, 0.3) is 11.1 Å². The lowest BCUT2D eigenvalue weighted by Gasteiger charge is -2.10. The summed E-state index contributed by atoms with van der Waals surface area (Å²) in [7, 11) is 0. The van der Waals surface area contributed by atoms with E-state index in [0.717, 1.165) is 11.4 Å². The first-order valence-corrected chi connectivity index (χ1v) is 5.30. The molecule has 0 spiro atoms. The molecule has 2 heteroatoms. The standard InChI is InChI=1S/C14H16N2/c1-9-7-11(15)3-5-13(9)14-6-4-12(16)8-10(14)2/h3-8H,15-16H2,1-2H3. The second-order valence-corrected chi connectivity index (χ2v) is 4.15. The van der Waals surface area contributed by atoms with Crippen LogP contribution in [0.3, 0.4) is 0 Å². The third-order valence-electron chi connectivity index (χ3n) is 2.79. The van der Waals surface area contributed by atoms with Gasteiger partial charge in [0.05, 0.1) is 0 Å². The van der Waals surface area contributed by atoms with Gasteiger partial charge in [-0.3, -0.25) is 0 Å². The van der Waals surface area contributed by atoms with Gasteiger partial charge in [-0.1, -0.05) is 12.1 Å². The summed E-state index contributed by atoms with van der Waals surface area (Å²) >= 11 is 0. The number of hydrogen-bond donors (Lipinski definition) is 2. The molecule has 0 saturated heterocycles. The van der Waals surface area contributed by atoms with Crippen LogP contribution in [-0.4, -0.2) is 0 Å². The zero-order valence-electron chi connectivity index (χ0n) is 9.62. The van der Waals surface area contributed by atoms with E-state index in [-0.39, 0.29) is 0 Å². The topological polar surface area (TPSA) is 52.0 Å². The molecule has 0 aliphatic rings. The molecule has 0 heterocycles. The van der Waals surface area contributed by atoms with E-state index in [1.54, 1.807) is 0 Å². The molecule has 2 nitrogen and oxygen atoms in total. The Hall–Kier alpha value is -1.96. The summed E-state index contributed by atoms with van der Waals surface area (Å²) in [4.78, 5) is 0. The molecule has 2 aromatic rings. The minimum Gasteiger partial charge on any atom is -0.399 e. The molecule has 2 aromatic carbocycles. The highest BCUT2D eigenvalue weighted by molar-refractivity contribution is 5.73.